The lowest BCUT2D eigenvalue weighted by Crippen LogP contribution is -2.37. The Kier molecular flexibility index (Phi) is 9.06. The van der Waals surface area contributed by atoms with Crippen LogP contribution in [0.5, 0.6) is 0 Å². The molecule has 1 fully saturated rings. The first-order valence-electron chi connectivity index (χ1n) is 9.79. The van der Waals surface area contributed by atoms with Gasteiger partial charge in [-0.25, -0.2) is 0 Å². The van der Waals surface area contributed by atoms with E-state index in [1.165, 1.54) is 42.5 Å². The Hall–Kier alpha value is -0.940. The van der Waals surface area contributed by atoms with Gasteiger partial charge in [0.05, 0.1) is 15.5 Å². The lowest BCUT2D eigenvalue weighted by atomic mass is 10.1. The summed E-state index contributed by atoms with van der Waals surface area (Å²) in [5, 5.41) is 4.45. The van der Waals surface area contributed by atoms with Gasteiger partial charge in [-0.1, -0.05) is 72.1 Å². The van der Waals surface area contributed by atoms with Crippen molar-refractivity contribution in [3.05, 3.63) is 29.3 Å². The van der Waals surface area contributed by atoms with Crippen molar-refractivity contribution in [1.82, 2.24) is 0 Å². The standard InChI is InChI=1S/C21H31BrN2OS/c1-4-17-13-12-16(3)14-20(17)24(21(26)19(22)5-2)15-25-23-18-10-8-6-7-9-11-18/h12-14,19H,4-11,15H2,1-3H3. The summed E-state index contributed by atoms with van der Waals surface area (Å²) in [4.78, 5) is 8.91. The highest BCUT2D eigenvalue weighted by Crippen LogP contribution is 2.26. The first-order valence-corrected chi connectivity index (χ1v) is 11.1. The molecule has 2 rings (SSSR count). The zero-order chi connectivity index (χ0) is 18.9. The van der Waals surface area contributed by atoms with Gasteiger partial charge >= 0.3 is 0 Å². The van der Waals surface area contributed by atoms with Crippen LogP contribution in [-0.4, -0.2) is 22.3 Å². The fraction of sp³-hybridized carbons (Fsp3) is 0.619. The van der Waals surface area contributed by atoms with Crippen LogP contribution in [0, 0.1) is 6.92 Å². The molecule has 0 spiro atoms. The molecule has 0 saturated heterocycles. The number of anilines is 1. The largest absolute Gasteiger partial charge is 0.374 e. The summed E-state index contributed by atoms with van der Waals surface area (Å²) < 4.78 is 0. The maximum atomic E-state index is 5.81. The zero-order valence-corrected chi connectivity index (χ0v) is 18.7. The van der Waals surface area contributed by atoms with Crippen molar-refractivity contribution in [2.75, 3.05) is 11.6 Å². The number of hydrogen-bond donors (Lipinski definition) is 0. The van der Waals surface area contributed by atoms with Crippen molar-refractivity contribution in [1.29, 1.82) is 0 Å². The Morgan fingerprint density at radius 2 is 1.92 bits per heavy atom. The highest BCUT2D eigenvalue weighted by molar-refractivity contribution is 9.10. The summed E-state index contributed by atoms with van der Waals surface area (Å²) in [6.07, 6.45) is 9.08. The van der Waals surface area contributed by atoms with E-state index in [-0.39, 0.29) is 4.83 Å². The molecule has 0 aliphatic heterocycles. The minimum atomic E-state index is 0.150. The second-order valence-corrected chi connectivity index (χ2v) is 8.48. The minimum absolute atomic E-state index is 0.150. The normalized spacial score (nSPS) is 15.9. The molecular weight excluding hydrogens is 408 g/mol. The van der Waals surface area contributed by atoms with E-state index < -0.39 is 0 Å². The second-order valence-electron chi connectivity index (χ2n) is 6.96. The topological polar surface area (TPSA) is 24.8 Å². The summed E-state index contributed by atoms with van der Waals surface area (Å²) in [6, 6.07) is 6.54. The first kappa shape index (κ1) is 21.4. The van der Waals surface area contributed by atoms with E-state index in [2.05, 4.69) is 65.0 Å². The van der Waals surface area contributed by atoms with E-state index >= 15 is 0 Å². The molecule has 1 aliphatic carbocycles. The average Bonchev–Trinajstić information content (AvgIpc) is 2.93. The lowest BCUT2D eigenvalue weighted by molar-refractivity contribution is 0.151. The molecule has 1 aromatic carbocycles. The van der Waals surface area contributed by atoms with E-state index in [1.807, 2.05) is 0 Å². The lowest BCUT2D eigenvalue weighted by Gasteiger charge is -2.28. The second kappa shape index (κ2) is 11.0. The summed E-state index contributed by atoms with van der Waals surface area (Å²) in [5.41, 5.74) is 4.83. The molecule has 0 aromatic heterocycles. The number of alkyl halides is 1. The highest BCUT2D eigenvalue weighted by Gasteiger charge is 2.21. The number of rotatable bonds is 7. The molecule has 0 heterocycles. The van der Waals surface area contributed by atoms with Crippen molar-refractivity contribution < 1.29 is 4.84 Å². The van der Waals surface area contributed by atoms with Crippen LogP contribution in [0.25, 0.3) is 0 Å². The molecule has 0 N–H and O–H groups in total. The first-order chi connectivity index (χ1) is 12.6. The highest BCUT2D eigenvalue weighted by atomic mass is 79.9. The number of benzene rings is 1. The van der Waals surface area contributed by atoms with Crippen molar-refractivity contribution in [2.45, 2.75) is 77.0 Å². The third-order valence-corrected chi connectivity index (χ3v) is 6.76. The van der Waals surface area contributed by atoms with E-state index in [4.69, 9.17) is 17.1 Å². The fourth-order valence-electron chi connectivity index (χ4n) is 3.23. The van der Waals surface area contributed by atoms with Gasteiger partial charge in [-0.2, -0.15) is 0 Å². The van der Waals surface area contributed by atoms with Crippen molar-refractivity contribution in [3.8, 4) is 0 Å². The summed E-state index contributed by atoms with van der Waals surface area (Å²) >= 11 is 9.48. The van der Waals surface area contributed by atoms with Gasteiger partial charge in [0.1, 0.15) is 0 Å². The number of thiocarbonyl (C=S) groups is 1. The van der Waals surface area contributed by atoms with Gasteiger partial charge in [0, 0.05) is 5.69 Å². The van der Waals surface area contributed by atoms with Crippen LogP contribution < -0.4 is 4.90 Å². The smallest absolute Gasteiger partial charge is 0.194 e. The van der Waals surface area contributed by atoms with E-state index in [0.717, 1.165) is 36.4 Å². The van der Waals surface area contributed by atoms with Crippen LogP contribution in [-0.2, 0) is 11.3 Å². The quantitative estimate of drug-likeness (QED) is 0.158. The van der Waals surface area contributed by atoms with Gasteiger partial charge in [-0.15, -0.1) is 0 Å². The predicted octanol–water partition coefficient (Wildman–Crippen LogP) is 6.55. The minimum Gasteiger partial charge on any atom is -0.374 e. The van der Waals surface area contributed by atoms with Gasteiger partial charge in [-0.3, -0.25) is 4.90 Å². The Balaban J connectivity index is 2.20. The predicted molar refractivity (Wildman–Crippen MR) is 120 cm³/mol. The van der Waals surface area contributed by atoms with E-state index in [0.29, 0.717) is 6.73 Å². The van der Waals surface area contributed by atoms with Gasteiger partial charge in [-0.05, 0) is 62.6 Å². The molecule has 1 saturated carbocycles. The molecule has 5 heteroatoms. The number of halogens is 1. The molecule has 1 aromatic rings. The summed E-state index contributed by atoms with van der Waals surface area (Å²) in [5.74, 6) is 0. The molecule has 0 bridgehead atoms. The number of oxime groups is 1. The third kappa shape index (κ3) is 6.05. The Labute approximate surface area is 172 Å². The summed E-state index contributed by atoms with van der Waals surface area (Å²) in [7, 11) is 0. The maximum Gasteiger partial charge on any atom is 0.194 e. The van der Waals surface area contributed by atoms with Gasteiger partial charge in [0.2, 0.25) is 0 Å². The van der Waals surface area contributed by atoms with Gasteiger partial charge in [0.15, 0.2) is 6.73 Å². The van der Waals surface area contributed by atoms with Gasteiger partial charge < -0.3 is 4.84 Å². The maximum absolute atomic E-state index is 5.81. The molecule has 1 unspecified atom stereocenters. The zero-order valence-electron chi connectivity index (χ0n) is 16.3. The monoisotopic (exact) mass is 438 g/mol. The van der Waals surface area contributed by atoms with Crippen LogP contribution in [0.4, 0.5) is 5.69 Å². The molecule has 0 radical (unpaired) electrons. The molecular formula is C21H31BrN2OS. The summed E-state index contributed by atoms with van der Waals surface area (Å²) in [6.45, 7) is 6.78. The molecule has 26 heavy (non-hydrogen) atoms. The van der Waals surface area contributed by atoms with Crippen LogP contribution >= 0.6 is 28.1 Å². The Bertz CT molecular complexity index is 622. The van der Waals surface area contributed by atoms with Crippen LogP contribution in [0.3, 0.4) is 0 Å². The molecule has 0 amide bonds. The van der Waals surface area contributed by atoms with E-state index in [1.54, 1.807) is 0 Å². The van der Waals surface area contributed by atoms with Crippen LogP contribution in [0.1, 0.15) is 69.9 Å². The average molecular weight is 439 g/mol. The SMILES string of the molecule is CCc1ccc(C)cc1N(CON=C1CCCCCC1)C(=S)C(Br)CC. The molecule has 1 aliphatic rings. The van der Waals surface area contributed by atoms with E-state index in [9.17, 15) is 0 Å². The van der Waals surface area contributed by atoms with Crippen molar-refractivity contribution >= 4 is 44.5 Å². The fourth-order valence-corrected chi connectivity index (χ4v) is 3.79. The molecule has 144 valence electrons. The van der Waals surface area contributed by atoms with Gasteiger partial charge in [0.25, 0.3) is 0 Å². The van der Waals surface area contributed by atoms with Crippen LogP contribution in [0.15, 0.2) is 23.4 Å². The molecule has 1 atom stereocenters. The number of hydrogen-bond acceptors (Lipinski definition) is 3. The number of aryl methyl sites for hydroxylation is 2. The van der Waals surface area contributed by atoms with Crippen LogP contribution in [0.2, 0.25) is 0 Å². The Morgan fingerprint density at radius 1 is 1.23 bits per heavy atom. The molecule has 3 nitrogen and oxygen atoms in total. The number of nitrogens with zero attached hydrogens (tertiary/aromatic N) is 2. The third-order valence-electron chi connectivity index (χ3n) is 4.87. The van der Waals surface area contributed by atoms with Crippen molar-refractivity contribution in [3.63, 3.8) is 0 Å². The van der Waals surface area contributed by atoms with Crippen molar-refractivity contribution in [2.24, 2.45) is 5.16 Å². The Morgan fingerprint density at radius 3 is 2.54 bits per heavy atom.